The molecule has 0 aliphatic rings. The average Bonchev–Trinajstić information content (AvgIpc) is 3.05. The molecule has 27 heavy (non-hydrogen) atoms. The van der Waals surface area contributed by atoms with E-state index in [1.54, 1.807) is 65.6 Å². The Kier molecular flexibility index (Phi) is 6.62. The summed E-state index contributed by atoms with van der Waals surface area (Å²) in [5.41, 5.74) is 0.761. The van der Waals surface area contributed by atoms with Gasteiger partial charge < -0.3 is 24.8 Å². The fourth-order valence-electron chi connectivity index (χ4n) is 2.04. The lowest BCUT2D eigenvalue weighted by atomic mass is 9.98. The summed E-state index contributed by atoms with van der Waals surface area (Å²) < 4.78 is 17.2. The molecule has 0 radical (unpaired) electrons. The Morgan fingerprint density at radius 1 is 1.22 bits per heavy atom. The van der Waals surface area contributed by atoms with E-state index in [0.29, 0.717) is 28.0 Å². The monoisotopic (exact) mass is 392 g/mol. The largest absolute Gasteiger partial charge is 0.497 e. The van der Waals surface area contributed by atoms with Gasteiger partial charge in [0.05, 0.1) is 43.4 Å². The molecule has 2 aromatic rings. The lowest BCUT2D eigenvalue weighted by Crippen LogP contribution is -2.24. The topological polar surface area (TPSA) is 86.6 Å². The zero-order valence-corrected chi connectivity index (χ0v) is 16.8. The fourth-order valence-corrected chi connectivity index (χ4v) is 2.26. The molecule has 8 nitrogen and oxygen atoms in total. The SMILES string of the molecule is COc1ccc(OC)c(NC(=S)Nc2cnn(COC(=O)C(C)(C)C)c2)c1. The van der Waals surface area contributed by atoms with E-state index >= 15 is 0 Å². The second-order valence-electron chi connectivity index (χ2n) is 6.72. The molecular formula is C18H24N4O4S. The van der Waals surface area contributed by atoms with Gasteiger partial charge in [0.15, 0.2) is 11.8 Å². The Morgan fingerprint density at radius 2 is 1.96 bits per heavy atom. The van der Waals surface area contributed by atoms with E-state index in [1.807, 2.05) is 0 Å². The number of hydrogen-bond acceptors (Lipinski definition) is 6. The number of benzene rings is 1. The van der Waals surface area contributed by atoms with Crippen LogP contribution >= 0.6 is 12.2 Å². The van der Waals surface area contributed by atoms with Gasteiger partial charge in [-0.15, -0.1) is 0 Å². The van der Waals surface area contributed by atoms with Crippen LogP contribution in [0.1, 0.15) is 20.8 Å². The van der Waals surface area contributed by atoms with E-state index in [0.717, 1.165) is 0 Å². The van der Waals surface area contributed by atoms with Crippen molar-refractivity contribution in [1.82, 2.24) is 9.78 Å². The zero-order valence-electron chi connectivity index (χ0n) is 16.0. The minimum atomic E-state index is -0.560. The van der Waals surface area contributed by atoms with Gasteiger partial charge in [-0.2, -0.15) is 5.10 Å². The van der Waals surface area contributed by atoms with Crippen molar-refractivity contribution in [2.45, 2.75) is 27.5 Å². The molecule has 0 unspecified atom stereocenters. The van der Waals surface area contributed by atoms with Gasteiger partial charge in [0.25, 0.3) is 0 Å². The van der Waals surface area contributed by atoms with Gasteiger partial charge in [-0.05, 0) is 45.1 Å². The number of nitrogens with zero attached hydrogens (tertiary/aromatic N) is 2. The highest BCUT2D eigenvalue weighted by atomic mass is 32.1. The van der Waals surface area contributed by atoms with E-state index < -0.39 is 5.41 Å². The van der Waals surface area contributed by atoms with E-state index in [1.165, 1.54) is 4.68 Å². The second kappa shape index (κ2) is 8.72. The first kappa shape index (κ1) is 20.5. The highest BCUT2D eigenvalue weighted by Gasteiger charge is 2.23. The molecule has 0 fully saturated rings. The van der Waals surface area contributed by atoms with Gasteiger partial charge in [-0.1, -0.05) is 0 Å². The summed E-state index contributed by atoms with van der Waals surface area (Å²) in [6.07, 6.45) is 3.27. The lowest BCUT2D eigenvalue weighted by Gasteiger charge is -2.16. The molecule has 9 heteroatoms. The van der Waals surface area contributed by atoms with Crippen molar-refractivity contribution in [2.24, 2.45) is 5.41 Å². The van der Waals surface area contributed by atoms with Crippen molar-refractivity contribution in [3.8, 4) is 11.5 Å². The maximum atomic E-state index is 11.8. The van der Waals surface area contributed by atoms with E-state index in [2.05, 4.69) is 15.7 Å². The second-order valence-corrected chi connectivity index (χ2v) is 7.13. The molecule has 0 atom stereocenters. The third kappa shape index (κ3) is 5.85. The van der Waals surface area contributed by atoms with E-state index in [9.17, 15) is 4.79 Å². The number of carbonyl (C=O) groups excluding carboxylic acids is 1. The Bertz CT molecular complexity index is 814. The minimum absolute atomic E-state index is 0.0294. The van der Waals surface area contributed by atoms with Crippen LogP contribution in [-0.4, -0.2) is 35.1 Å². The van der Waals surface area contributed by atoms with Crippen molar-refractivity contribution in [3.05, 3.63) is 30.6 Å². The lowest BCUT2D eigenvalue weighted by molar-refractivity contribution is -0.157. The standard InChI is InChI=1S/C18H24N4O4S/c1-18(2,3)16(23)26-11-22-10-12(9-19-22)20-17(27)21-14-8-13(24-4)6-7-15(14)25-5/h6-10H,11H2,1-5H3,(H2,20,21,27). The van der Waals surface area contributed by atoms with Crippen LogP contribution in [0.5, 0.6) is 11.5 Å². The fraction of sp³-hybridized carbons (Fsp3) is 0.389. The van der Waals surface area contributed by atoms with Crippen LogP contribution in [0.4, 0.5) is 11.4 Å². The highest BCUT2D eigenvalue weighted by molar-refractivity contribution is 7.80. The summed E-state index contributed by atoms with van der Waals surface area (Å²) in [6.45, 7) is 5.41. The number of ether oxygens (including phenoxy) is 3. The first-order chi connectivity index (χ1) is 12.7. The molecule has 1 aromatic carbocycles. The molecule has 1 aromatic heterocycles. The maximum absolute atomic E-state index is 11.8. The summed E-state index contributed by atoms with van der Waals surface area (Å²) >= 11 is 5.33. The van der Waals surface area contributed by atoms with Crippen LogP contribution < -0.4 is 20.1 Å². The van der Waals surface area contributed by atoms with Crippen LogP contribution in [0.15, 0.2) is 30.6 Å². The molecule has 2 N–H and O–H groups in total. The van der Waals surface area contributed by atoms with Crippen molar-refractivity contribution < 1.29 is 19.0 Å². The summed E-state index contributed by atoms with van der Waals surface area (Å²) in [6, 6.07) is 5.36. The number of rotatable bonds is 6. The highest BCUT2D eigenvalue weighted by Crippen LogP contribution is 2.29. The Labute approximate surface area is 163 Å². The minimum Gasteiger partial charge on any atom is -0.497 e. The molecule has 0 amide bonds. The Balaban J connectivity index is 1.95. The number of thiocarbonyl (C=S) groups is 1. The van der Waals surface area contributed by atoms with Crippen molar-refractivity contribution in [1.29, 1.82) is 0 Å². The molecule has 0 saturated heterocycles. The number of hydrogen-bond donors (Lipinski definition) is 2. The molecule has 0 saturated carbocycles. The molecule has 1 heterocycles. The Hall–Kier alpha value is -2.81. The van der Waals surface area contributed by atoms with Crippen LogP contribution in [0.2, 0.25) is 0 Å². The number of esters is 1. The van der Waals surface area contributed by atoms with Gasteiger partial charge in [-0.25, -0.2) is 4.68 Å². The zero-order chi connectivity index (χ0) is 20.0. The average molecular weight is 392 g/mol. The number of anilines is 2. The third-order valence-electron chi connectivity index (χ3n) is 3.49. The van der Waals surface area contributed by atoms with Crippen LogP contribution in [-0.2, 0) is 16.3 Å². The molecule has 0 aliphatic carbocycles. The summed E-state index contributed by atoms with van der Waals surface area (Å²) in [7, 11) is 3.16. The smallest absolute Gasteiger partial charge is 0.313 e. The van der Waals surface area contributed by atoms with Crippen molar-refractivity contribution in [3.63, 3.8) is 0 Å². The molecule has 0 bridgehead atoms. The predicted molar refractivity (Wildman–Crippen MR) is 107 cm³/mol. The summed E-state index contributed by atoms with van der Waals surface area (Å²) in [4.78, 5) is 11.8. The number of carbonyl (C=O) groups is 1. The first-order valence-corrected chi connectivity index (χ1v) is 8.63. The Morgan fingerprint density at radius 3 is 2.59 bits per heavy atom. The number of nitrogens with one attached hydrogen (secondary N) is 2. The summed E-state index contributed by atoms with van der Waals surface area (Å²) in [5, 5.41) is 10.6. The maximum Gasteiger partial charge on any atom is 0.313 e. The quantitative estimate of drug-likeness (QED) is 0.572. The first-order valence-electron chi connectivity index (χ1n) is 8.22. The summed E-state index contributed by atoms with van der Waals surface area (Å²) in [5.74, 6) is 1.01. The van der Waals surface area contributed by atoms with Crippen LogP contribution in [0, 0.1) is 5.41 Å². The molecule has 0 aliphatic heterocycles. The third-order valence-corrected chi connectivity index (χ3v) is 3.69. The van der Waals surface area contributed by atoms with Gasteiger partial charge in [-0.3, -0.25) is 4.79 Å². The molecule has 2 rings (SSSR count). The van der Waals surface area contributed by atoms with Gasteiger partial charge >= 0.3 is 5.97 Å². The van der Waals surface area contributed by atoms with Crippen molar-refractivity contribution in [2.75, 3.05) is 24.9 Å². The number of aromatic nitrogens is 2. The van der Waals surface area contributed by atoms with Crippen LogP contribution in [0.25, 0.3) is 0 Å². The van der Waals surface area contributed by atoms with Crippen molar-refractivity contribution >= 4 is 34.7 Å². The van der Waals surface area contributed by atoms with E-state index in [-0.39, 0.29) is 12.7 Å². The molecule has 0 spiro atoms. The molecular weight excluding hydrogens is 368 g/mol. The normalized spacial score (nSPS) is 10.9. The van der Waals surface area contributed by atoms with Gasteiger partial charge in [0, 0.05) is 6.07 Å². The van der Waals surface area contributed by atoms with Gasteiger partial charge in [0.2, 0.25) is 0 Å². The predicted octanol–water partition coefficient (Wildman–Crippen LogP) is 3.26. The van der Waals surface area contributed by atoms with Crippen LogP contribution in [0.3, 0.4) is 0 Å². The van der Waals surface area contributed by atoms with E-state index in [4.69, 9.17) is 26.4 Å². The number of methoxy groups -OCH3 is 2. The van der Waals surface area contributed by atoms with Gasteiger partial charge in [0.1, 0.15) is 11.5 Å². The molecule has 146 valence electrons.